The molecule has 2 aromatic heterocycles. The molecule has 1 aliphatic heterocycles. The second-order valence-corrected chi connectivity index (χ2v) is 11.4. The summed E-state index contributed by atoms with van der Waals surface area (Å²) in [5.41, 5.74) is 10.3. The summed E-state index contributed by atoms with van der Waals surface area (Å²) in [7, 11) is 0. The maximum atomic E-state index is 12.0. The second kappa shape index (κ2) is 16.8. The Hall–Kier alpha value is -3.47. The first kappa shape index (κ1) is 33.0. The van der Waals surface area contributed by atoms with Crippen molar-refractivity contribution in [3.8, 4) is 0 Å². The van der Waals surface area contributed by atoms with Crippen molar-refractivity contribution in [3.63, 3.8) is 0 Å². The van der Waals surface area contributed by atoms with Crippen molar-refractivity contribution in [2.75, 3.05) is 0 Å². The normalized spacial score (nSPS) is 11.5. The molecule has 2 N–H and O–H groups in total. The molecular weight excluding hydrogens is 516 g/mol. The van der Waals surface area contributed by atoms with E-state index in [9.17, 15) is 4.79 Å². The van der Waals surface area contributed by atoms with E-state index in [1.54, 1.807) is 0 Å². The third-order valence-corrected chi connectivity index (χ3v) is 8.11. The lowest BCUT2D eigenvalue weighted by atomic mass is 10.0. The van der Waals surface area contributed by atoms with Crippen LogP contribution in [0.2, 0.25) is 0 Å². The molecule has 0 atom stereocenters. The molecule has 1 aliphatic rings. The lowest BCUT2D eigenvalue weighted by Gasteiger charge is -2.09. The largest absolute Gasteiger partial charge is 0.356 e. The Morgan fingerprint density at radius 1 is 0.667 bits per heavy atom. The van der Waals surface area contributed by atoms with Gasteiger partial charge in [-0.15, -0.1) is 0 Å². The number of nitrogens with one attached hydrogen (secondary N) is 2. The van der Waals surface area contributed by atoms with E-state index in [4.69, 9.17) is 9.97 Å². The molecule has 0 saturated carbocycles. The van der Waals surface area contributed by atoms with Gasteiger partial charge < -0.3 is 14.8 Å². The van der Waals surface area contributed by atoms with E-state index in [0.29, 0.717) is 0 Å². The minimum Gasteiger partial charge on any atom is -0.356 e. The van der Waals surface area contributed by atoms with Gasteiger partial charge in [0.05, 0.1) is 17.1 Å². The van der Waals surface area contributed by atoms with Gasteiger partial charge in [0, 0.05) is 39.4 Å². The third-order valence-electron chi connectivity index (χ3n) is 8.11. The van der Waals surface area contributed by atoms with Crippen molar-refractivity contribution in [2.45, 2.75) is 118 Å². The Morgan fingerprint density at radius 2 is 1.14 bits per heavy atom. The van der Waals surface area contributed by atoms with E-state index in [2.05, 4.69) is 82.0 Å². The van der Waals surface area contributed by atoms with Crippen LogP contribution >= 0.6 is 0 Å². The summed E-state index contributed by atoms with van der Waals surface area (Å²) in [4.78, 5) is 29.7. The van der Waals surface area contributed by atoms with Gasteiger partial charge in [0.1, 0.15) is 6.29 Å². The topological polar surface area (TPSA) is 74.4 Å². The summed E-state index contributed by atoms with van der Waals surface area (Å²) in [6, 6.07) is 4.35. The second-order valence-electron chi connectivity index (χ2n) is 11.4. The molecule has 42 heavy (non-hydrogen) atoms. The zero-order chi connectivity index (χ0) is 30.5. The van der Waals surface area contributed by atoms with Crippen molar-refractivity contribution >= 4 is 42.6 Å². The number of hydrogen-bond donors (Lipinski definition) is 2. The average Bonchev–Trinajstić information content (AvgIpc) is 3.64. The molecule has 0 aliphatic carbocycles. The molecule has 5 nitrogen and oxygen atoms in total. The van der Waals surface area contributed by atoms with Gasteiger partial charge in [-0.3, -0.25) is 4.98 Å². The summed E-state index contributed by atoms with van der Waals surface area (Å²) in [5, 5.41) is 1.73. The molecule has 4 bridgehead atoms. The number of aryl methyl sites for hydroxylation is 3. The van der Waals surface area contributed by atoms with E-state index >= 15 is 0 Å². The number of nitrogens with zero attached hydrogens (tertiary/aromatic N) is 2. The lowest BCUT2D eigenvalue weighted by Crippen LogP contribution is -2.22. The summed E-state index contributed by atoms with van der Waals surface area (Å²) in [5.74, 6) is 0. The fourth-order valence-corrected chi connectivity index (χ4v) is 5.59. The van der Waals surface area contributed by atoms with Gasteiger partial charge in [0.2, 0.25) is 0 Å². The van der Waals surface area contributed by atoms with E-state index in [-0.39, 0.29) is 6.42 Å². The molecule has 0 saturated heterocycles. The number of fused-ring (bicyclic) bond motifs is 4. The fraction of sp³-hybridized carbons (Fsp3) is 0.486. The van der Waals surface area contributed by atoms with Crippen molar-refractivity contribution in [2.24, 2.45) is 0 Å². The molecule has 2 aromatic rings. The van der Waals surface area contributed by atoms with Crippen molar-refractivity contribution in [1.82, 2.24) is 19.9 Å². The van der Waals surface area contributed by atoms with Crippen LogP contribution in [0.1, 0.15) is 124 Å². The maximum Gasteiger partial charge on any atom is 0.125 e. The minimum atomic E-state index is 0.269. The van der Waals surface area contributed by atoms with Gasteiger partial charge in [-0.05, 0) is 99.3 Å². The van der Waals surface area contributed by atoms with Crippen LogP contribution < -0.4 is 10.7 Å². The summed E-state index contributed by atoms with van der Waals surface area (Å²) in [6.45, 7) is 19.9. The number of carbonyl (C=O) groups excluding carboxylic acids is 1. The SMILES string of the molecule is C=c1[nH]c(=C)c(CCCC)c2ccc([nH]2)c(CCCC)c(C)nc(CC=O)c(CCCC)c2nc(c1CCCC)C=C2. The van der Waals surface area contributed by atoms with Crippen LogP contribution in [0.3, 0.4) is 0 Å². The first-order chi connectivity index (χ1) is 20.4. The summed E-state index contributed by atoms with van der Waals surface area (Å²) in [6.07, 6.45) is 17.5. The van der Waals surface area contributed by atoms with Gasteiger partial charge in [-0.2, -0.15) is 0 Å². The molecule has 0 aromatic carbocycles. The van der Waals surface area contributed by atoms with Gasteiger partial charge in [0.25, 0.3) is 0 Å². The van der Waals surface area contributed by atoms with Gasteiger partial charge in [-0.25, -0.2) is 4.98 Å². The van der Waals surface area contributed by atoms with Crippen LogP contribution in [0, 0.1) is 6.92 Å². The molecule has 226 valence electrons. The minimum absolute atomic E-state index is 0.269. The number of aromatic amines is 2. The summed E-state index contributed by atoms with van der Waals surface area (Å²) >= 11 is 0. The number of rotatable bonds is 14. The van der Waals surface area contributed by atoms with Gasteiger partial charge in [0.15, 0.2) is 0 Å². The smallest absolute Gasteiger partial charge is 0.125 e. The Labute approximate surface area is 253 Å². The molecule has 3 heterocycles. The predicted molar refractivity (Wildman–Crippen MR) is 180 cm³/mol. The van der Waals surface area contributed by atoms with Crippen LogP contribution in [0.15, 0.2) is 12.1 Å². The number of aromatic nitrogens is 4. The molecule has 0 fully saturated rings. The molecule has 0 unspecified atom stereocenters. The highest BCUT2D eigenvalue weighted by atomic mass is 16.1. The number of carbonyl (C=O) groups is 1. The highest BCUT2D eigenvalue weighted by Crippen LogP contribution is 2.23. The first-order valence-electron chi connectivity index (χ1n) is 16.2. The zero-order valence-electron chi connectivity index (χ0n) is 26.8. The quantitative estimate of drug-likeness (QED) is 0.195. The van der Waals surface area contributed by atoms with Crippen LogP contribution in [0.25, 0.3) is 36.3 Å². The van der Waals surface area contributed by atoms with Crippen LogP contribution in [0.4, 0.5) is 0 Å². The molecule has 0 spiro atoms. The van der Waals surface area contributed by atoms with Crippen molar-refractivity contribution in [1.29, 1.82) is 0 Å². The average molecular weight is 569 g/mol. The van der Waals surface area contributed by atoms with E-state index in [0.717, 1.165) is 139 Å². The predicted octanol–water partition coefficient (Wildman–Crippen LogP) is 7.82. The molecule has 5 heteroatoms. The molecule has 3 rings (SSSR count). The number of unbranched alkanes of at least 4 members (excludes halogenated alkanes) is 4. The Morgan fingerprint density at radius 3 is 1.71 bits per heavy atom. The number of aldehydes is 1. The molecular formula is C37H52N4O. The maximum absolute atomic E-state index is 12.0. The van der Waals surface area contributed by atoms with E-state index in [1.807, 2.05) is 0 Å². The Bertz CT molecular complexity index is 1520. The van der Waals surface area contributed by atoms with Gasteiger partial charge >= 0.3 is 0 Å². The van der Waals surface area contributed by atoms with Crippen LogP contribution in [0.5, 0.6) is 0 Å². The number of hydrogen-bond acceptors (Lipinski definition) is 3. The van der Waals surface area contributed by atoms with Crippen LogP contribution in [-0.2, 0) is 36.9 Å². The molecule has 0 radical (unpaired) electrons. The van der Waals surface area contributed by atoms with E-state index in [1.165, 1.54) is 11.1 Å². The standard InChI is InChI=1S/C37H52N4O/c1-8-12-16-29-26(5)38-27(6)30(17-13-9-2)34-22-23-36(41-34)32(19-15-11-4)37(24-25-42)39-28(7)31(18-14-10-3)35-21-20-33(29)40-35/h20-23,25,38,40H,5-6,8-19,24H2,1-4,7H3. The monoisotopic (exact) mass is 568 g/mol. The highest BCUT2D eigenvalue weighted by Gasteiger charge is 2.14. The fourth-order valence-electron chi connectivity index (χ4n) is 5.59. The van der Waals surface area contributed by atoms with Crippen molar-refractivity contribution < 1.29 is 4.79 Å². The Balaban J connectivity index is 2.60. The van der Waals surface area contributed by atoms with Gasteiger partial charge in [-0.1, -0.05) is 66.5 Å². The number of H-pyrrole nitrogens is 2. The summed E-state index contributed by atoms with van der Waals surface area (Å²) < 4.78 is 0. The Kier molecular flexibility index (Phi) is 13.2. The lowest BCUT2D eigenvalue weighted by molar-refractivity contribution is -0.107. The highest BCUT2D eigenvalue weighted by molar-refractivity contribution is 5.74. The van der Waals surface area contributed by atoms with E-state index < -0.39 is 0 Å². The van der Waals surface area contributed by atoms with Crippen molar-refractivity contribution in [3.05, 3.63) is 67.9 Å². The first-order valence-corrected chi connectivity index (χ1v) is 16.2. The zero-order valence-corrected chi connectivity index (χ0v) is 26.8. The van der Waals surface area contributed by atoms with Crippen LogP contribution in [-0.4, -0.2) is 26.2 Å². The third kappa shape index (κ3) is 8.53. The molecule has 0 amide bonds.